The van der Waals surface area contributed by atoms with Crippen LogP contribution in [0.3, 0.4) is 0 Å². The first-order chi connectivity index (χ1) is 16.4. The average molecular weight is 487 g/mol. The van der Waals surface area contributed by atoms with Gasteiger partial charge in [0.25, 0.3) is 0 Å². The molecule has 14 nitrogen and oxygen atoms in total. The van der Waals surface area contributed by atoms with Crippen LogP contribution >= 0.6 is 7.75 Å². The van der Waals surface area contributed by atoms with Crippen molar-refractivity contribution in [2.24, 2.45) is 5.11 Å². The molecule has 178 valence electrons. The molecule has 4 heterocycles. The number of nitrogen functional groups attached to an aromatic ring is 1. The molecule has 1 aromatic carbocycles. The monoisotopic (exact) mass is 487 g/mol. The van der Waals surface area contributed by atoms with Crippen molar-refractivity contribution in [2.45, 2.75) is 37.4 Å². The normalized spacial score (nSPS) is 30.6. The van der Waals surface area contributed by atoms with E-state index in [-0.39, 0.29) is 25.0 Å². The third-order valence-corrected chi connectivity index (χ3v) is 7.35. The number of azide groups is 1. The molecule has 15 heteroatoms. The van der Waals surface area contributed by atoms with Gasteiger partial charge in [-0.05, 0) is 18.0 Å². The zero-order chi connectivity index (χ0) is 23.9. The van der Waals surface area contributed by atoms with Crippen LogP contribution in [0, 0.1) is 0 Å². The van der Waals surface area contributed by atoms with Crippen LogP contribution in [0.25, 0.3) is 21.6 Å². The molecule has 2 saturated heterocycles. The summed E-state index contributed by atoms with van der Waals surface area (Å²) in [6.07, 6.45) is -0.996. The van der Waals surface area contributed by atoms with Gasteiger partial charge >= 0.3 is 7.75 Å². The molecular weight excluding hydrogens is 465 g/mol. The van der Waals surface area contributed by atoms with Gasteiger partial charge < -0.3 is 15.2 Å². The molecule has 0 saturated carbocycles. The second-order valence-corrected chi connectivity index (χ2v) is 9.78. The van der Waals surface area contributed by atoms with Crippen molar-refractivity contribution >= 4 is 24.9 Å². The molecule has 34 heavy (non-hydrogen) atoms. The lowest BCUT2D eigenvalue weighted by Crippen LogP contribution is -2.47. The Morgan fingerprint density at radius 1 is 1.41 bits per heavy atom. The second-order valence-electron chi connectivity index (χ2n) is 8.00. The number of hydrogen-bond donors (Lipinski definition) is 2. The number of hydrogen-bond acceptors (Lipinski definition) is 10. The zero-order valence-corrected chi connectivity index (χ0v) is 19.2. The first-order valence-corrected chi connectivity index (χ1v) is 11.9. The minimum Gasteiger partial charge on any atom is -0.479 e. The Labute approximate surface area is 193 Å². The summed E-state index contributed by atoms with van der Waals surface area (Å²) in [7, 11) is -2.29. The number of fused-ring (bicyclic) bond motifs is 2. The van der Waals surface area contributed by atoms with E-state index in [0.717, 1.165) is 5.56 Å². The number of anilines is 1. The first-order valence-electron chi connectivity index (χ1n) is 10.3. The van der Waals surface area contributed by atoms with Gasteiger partial charge in [-0.3, -0.25) is 13.6 Å². The van der Waals surface area contributed by atoms with Crippen molar-refractivity contribution in [1.29, 1.82) is 0 Å². The minimum atomic E-state index is -3.73. The molecule has 0 amide bonds. The van der Waals surface area contributed by atoms with E-state index in [1.807, 2.05) is 30.3 Å². The Morgan fingerprint density at radius 2 is 2.21 bits per heavy atom. The number of nitrogens with one attached hydrogen (secondary N) is 1. The van der Waals surface area contributed by atoms with E-state index >= 15 is 0 Å². The smallest absolute Gasteiger partial charge is 0.406 e. The third kappa shape index (κ3) is 3.76. The number of benzene rings is 1. The fourth-order valence-corrected chi connectivity index (χ4v) is 5.78. The zero-order valence-electron chi connectivity index (χ0n) is 18.3. The van der Waals surface area contributed by atoms with Gasteiger partial charge in [-0.1, -0.05) is 35.4 Å². The fraction of sp³-hybridized carbons (Fsp3) is 0.421. The van der Waals surface area contributed by atoms with E-state index in [1.165, 1.54) is 13.4 Å². The van der Waals surface area contributed by atoms with E-state index in [9.17, 15) is 10.1 Å². The van der Waals surface area contributed by atoms with Gasteiger partial charge in [-0.2, -0.15) is 9.97 Å². The Hall–Kier alpha value is -3.25. The fourth-order valence-electron chi connectivity index (χ4n) is 4.18. The van der Waals surface area contributed by atoms with Crippen molar-refractivity contribution in [2.75, 3.05) is 19.5 Å². The Balaban J connectivity index is 1.47. The van der Waals surface area contributed by atoms with Gasteiger partial charge in [0, 0.05) is 11.5 Å². The summed E-state index contributed by atoms with van der Waals surface area (Å²) in [5, 5.41) is 6.86. The molecule has 2 aromatic heterocycles. The summed E-state index contributed by atoms with van der Waals surface area (Å²) < 4.78 is 37.8. The average Bonchev–Trinajstić information content (AvgIpc) is 3.36. The third-order valence-electron chi connectivity index (χ3n) is 5.81. The van der Waals surface area contributed by atoms with Gasteiger partial charge in [0.2, 0.25) is 11.8 Å². The first kappa shape index (κ1) is 22.5. The number of rotatable bonds is 6. The number of imidazole rings is 1. The van der Waals surface area contributed by atoms with Crippen LogP contribution in [0.5, 0.6) is 5.88 Å². The van der Waals surface area contributed by atoms with Crippen LogP contribution in [0.15, 0.2) is 41.8 Å². The SMILES string of the molecule is COc1nc(N)nc2c1ncn2C1O[C@@H]2COP(=O)(NCc3ccccc3)O[C@H]2[C@@]1(C)N=[N+]=[N-]. The number of aromatic nitrogens is 4. The highest BCUT2D eigenvalue weighted by atomic mass is 31.2. The van der Waals surface area contributed by atoms with Crippen LogP contribution in [0.2, 0.25) is 0 Å². The lowest BCUT2D eigenvalue weighted by atomic mass is 9.93. The maximum absolute atomic E-state index is 13.4. The Morgan fingerprint density at radius 3 is 2.94 bits per heavy atom. The maximum atomic E-state index is 13.4. The van der Waals surface area contributed by atoms with Crippen molar-refractivity contribution in [3.05, 3.63) is 52.7 Å². The quantitative estimate of drug-likeness (QED) is 0.227. The Bertz CT molecular complexity index is 1310. The summed E-state index contributed by atoms with van der Waals surface area (Å²) in [6, 6.07) is 9.41. The molecule has 0 bridgehead atoms. The molecule has 0 aliphatic carbocycles. The molecule has 0 spiro atoms. The van der Waals surface area contributed by atoms with Gasteiger partial charge in [0.05, 0.1) is 20.0 Å². The van der Waals surface area contributed by atoms with Crippen molar-refractivity contribution < 1.29 is 23.1 Å². The van der Waals surface area contributed by atoms with Crippen LogP contribution in [0.4, 0.5) is 5.95 Å². The lowest BCUT2D eigenvalue weighted by Gasteiger charge is -2.36. The summed E-state index contributed by atoms with van der Waals surface area (Å²) in [5.74, 6) is 0.164. The predicted molar refractivity (Wildman–Crippen MR) is 119 cm³/mol. The lowest BCUT2D eigenvalue weighted by molar-refractivity contribution is -0.0586. The van der Waals surface area contributed by atoms with Gasteiger partial charge in [0.15, 0.2) is 17.4 Å². The Kier molecular flexibility index (Phi) is 5.64. The minimum absolute atomic E-state index is 0.0267. The highest BCUT2D eigenvalue weighted by molar-refractivity contribution is 7.51. The molecule has 5 rings (SSSR count). The summed E-state index contributed by atoms with van der Waals surface area (Å²) in [5.41, 5.74) is 15.4. The molecule has 3 N–H and O–H groups in total. The van der Waals surface area contributed by atoms with Crippen LogP contribution in [0.1, 0.15) is 18.7 Å². The standard InChI is InChI=1S/C19H22N9O5P/c1-19(26-27-21)14-12(9-31-34(29,33-14)23-8-11-6-4-3-5-7-11)32-17(19)28-10-22-13-15(28)24-18(20)25-16(13)30-2/h3-7,10,12,14,17H,8-9H2,1-2H3,(H,23,29)(H2,20,24,25)/t12-,14-,17?,19-,34?/m1/s1. The number of ether oxygens (including phenoxy) is 2. The maximum Gasteiger partial charge on any atom is 0.406 e. The molecule has 0 radical (unpaired) electrons. The van der Waals surface area contributed by atoms with E-state index in [2.05, 4.69) is 30.1 Å². The van der Waals surface area contributed by atoms with Crippen molar-refractivity contribution in [3.63, 3.8) is 0 Å². The van der Waals surface area contributed by atoms with Crippen LogP contribution in [-0.2, 0) is 24.9 Å². The van der Waals surface area contributed by atoms with Crippen LogP contribution < -0.4 is 15.6 Å². The molecular formula is C19H22N9O5P. The predicted octanol–water partition coefficient (Wildman–Crippen LogP) is 2.70. The molecule has 3 aromatic rings. The summed E-state index contributed by atoms with van der Waals surface area (Å²) in [4.78, 5) is 15.6. The number of nitrogens with two attached hydrogens (primary N) is 1. The van der Waals surface area contributed by atoms with E-state index in [4.69, 9.17) is 24.3 Å². The largest absolute Gasteiger partial charge is 0.479 e. The molecule has 2 unspecified atom stereocenters. The topological polar surface area (TPSA) is 184 Å². The highest BCUT2D eigenvalue weighted by Crippen LogP contribution is 2.57. The van der Waals surface area contributed by atoms with Gasteiger partial charge in [-0.25, -0.2) is 14.6 Å². The van der Waals surface area contributed by atoms with Gasteiger partial charge in [0.1, 0.15) is 17.7 Å². The van der Waals surface area contributed by atoms with Crippen LogP contribution in [-0.4, -0.2) is 51.0 Å². The van der Waals surface area contributed by atoms with E-state index < -0.39 is 31.7 Å². The highest BCUT2D eigenvalue weighted by Gasteiger charge is 2.60. The summed E-state index contributed by atoms with van der Waals surface area (Å²) >= 11 is 0. The number of methoxy groups -OCH3 is 1. The molecule has 2 fully saturated rings. The summed E-state index contributed by atoms with van der Waals surface area (Å²) in [6.45, 7) is 1.88. The van der Waals surface area contributed by atoms with Gasteiger partial charge in [-0.15, -0.1) is 0 Å². The molecule has 2 aliphatic rings. The van der Waals surface area contributed by atoms with E-state index in [1.54, 1.807) is 11.5 Å². The molecule has 5 atom stereocenters. The number of nitrogens with zero attached hydrogens (tertiary/aromatic N) is 7. The van der Waals surface area contributed by atoms with Crippen molar-refractivity contribution in [3.8, 4) is 5.88 Å². The second kappa shape index (κ2) is 8.51. The van der Waals surface area contributed by atoms with E-state index in [0.29, 0.717) is 11.2 Å². The molecule has 2 aliphatic heterocycles. The van der Waals surface area contributed by atoms with Crippen molar-refractivity contribution in [1.82, 2.24) is 24.6 Å².